The van der Waals surface area contributed by atoms with Gasteiger partial charge in [-0.25, -0.2) is 0 Å². The summed E-state index contributed by atoms with van der Waals surface area (Å²) in [4.78, 5) is 13.6. The van der Waals surface area contributed by atoms with E-state index in [1.54, 1.807) is 0 Å². The van der Waals surface area contributed by atoms with Gasteiger partial charge in [0.15, 0.2) is 0 Å². The Hall–Kier alpha value is 0.183. The molecule has 0 bridgehead atoms. The number of carbonyl (C=O) groups excluding carboxylic acids is 1. The van der Waals surface area contributed by atoms with Crippen LogP contribution in [-0.2, 0) is 23.0 Å². The molecule has 0 aromatic heterocycles. The molecule has 5 heteroatoms. The van der Waals surface area contributed by atoms with Gasteiger partial charge < -0.3 is 0 Å². The number of likely N-dealkylation sites (tertiary alicyclic amines) is 1. The van der Waals surface area contributed by atoms with E-state index in [0.29, 0.717) is 4.64 Å². The van der Waals surface area contributed by atoms with Gasteiger partial charge in [-0.05, 0) is 0 Å². The molecule has 0 N–H and O–H groups in total. The maximum absolute atomic E-state index is 11.7. The fraction of sp³-hybridized carbons (Fsp3) is 0.900. The standard InChI is InChI=1S/C10H18NO2.ClH.Zn/c1-10(2,3)13-9(12)11-7-5-4-6-8-11;;/h7H,4-6,8H2,1-3H3;1H;. The quantitative estimate of drug-likeness (QED) is 0.641. The van der Waals surface area contributed by atoms with Gasteiger partial charge in [0, 0.05) is 0 Å². The second-order valence-corrected chi connectivity index (χ2v) is 6.80. The number of hydrogen-bond acceptors (Lipinski definition) is 2. The van der Waals surface area contributed by atoms with E-state index in [1.807, 2.05) is 25.7 Å². The third-order valence-electron chi connectivity index (χ3n) is 2.26. The smallest absolute Gasteiger partial charge is 0.147 e. The molecule has 1 unspecified atom stereocenters. The van der Waals surface area contributed by atoms with E-state index in [0.717, 1.165) is 37.7 Å². The minimum Gasteiger partial charge on any atom is -0.147 e. The molecule has 1 atom stereocenters. The van der Waals surface area contributed by atoms with Crippen LogP contribution < -0.4 is 0 Å². The SMILES string of the molecule is CC(C)(C)OC(=O)N1CCCC[CH]1[Zn].Cl. The molecule has 15 heavy (non-hydrogen) atoms. The van der Waals surface area contributed by atoms with Crippen LogP contribution in [0.5, 0.6) is 0 Å². The Bertz CT molecular complexity index is 218. The van der Waals surface area contributed by atoms with Crippen molar-refractivity contribution < 1.29 is 27.8 Å². The molecule has 1 aliphatic rings. The molecule has 1 saturated heterocycles. The first-order valence-electron chi connectivity index (χ1n) is 5.23. The fourth-order valence-corrected chi connectivity index (χ4v) is 2.86. The van der Waals surface area contributed by atoms with Crippen LogP contribution in [0.4, 0.5) is 4.79 Å². The number of carbonyl (C=O) groups is 1. The Morgan fingerprint density at radius 2 is 2.00 bits per heavy atom. The molecule has 1 amide bonds. The normalized spacial score (nSPS) is 21.9. The summed E-state index contributed by atoms with van der Waals surface area (Å²) in [6.45, 7) is 6.61. The summed E-state index contributed by atoms with van der Waals surface area (Å²) in [5, 5.41) is 0. The van der Waals surface area contributed by atoms with Gasteiger partial charge in [-0.1, -0.05) is 0 Å². The Balaban J connectivity index is 0.00000196. The largest absolute Gasteiger partial charge is 0.147 e. The van der Waals surface area contributed by atoms with Gasteiger partial charge in [-0.3, -0.25) is 0 Å². The van der Waals surface area contributed by atoms with Crippen molar-refractivity contribution in [3.63, 3.8) is 0 Å². The van der Waals surface area contributed by atoms with Crippen molar-refractivity contribution in [2.75, 3.05) is 6.54 Å². The summed E-state index contributed by atoms with van der Waals surface area (Å²) in [5.41, 5.74) is -0.367. The van der Waals surface area contributed by atoms with Crippen LogP contribution in [0.2, 0.25) is 0 Å². The van der Waals surface area contributed by atoms with Crippen LogP contribution in [0.15, 0.2) is 0 Å². The maximum Gasteiger partial charge on any atom is -0.147 e. The first-order valence-corrected chi connectivity index (χ1v) is 6.94. The molecule has 85 valence electrons. The minimum absolute atomic E-state index is 0. The third kappa shape index (κ3) is 5.17. The fourth-order valence-electron chi connectivity index (χ4n) is 1.56. The summed E-state index contributed by atoms with van der Waals surface area (Å²) >= 11 is 1.15. The summed E-state index contributed by atoms with van der Waals surface area (Å²) in [6, 6.07) is 0. The summed E-state index contributed by atoms with van der Waals surface area (Å²) in [5.74, 6) is 0. The van der Waals surface area contributed by atoms with Crippen LogP contribution in [0.1, 0.15) is 40.0 Å². The van der Waals surface area contributed by atoms with Crippen LogP contribution in [0.25, 0.3) is 0 Å². The van der Waals surface area contributed by atoms with E-state index in [2.05, 4.69) is 0 Å². The topological polar surface area (TPSA) is 29.5 Å². The van der Waals surface area contributed by atoms with E-state index in [9.17, 15) is 4.79 Å². The number of halogens is 1. The second kappa shape index (κ2) is 6.05. The number of ether oxygens (including phenoxy) is 1. The average Bonchev–Trinajstić information content (AvgIpc) is 2.01. The van der Waals surface area contributed by atoms with Crippen molar-refractivity contribution in [3.8, 4) is 0 Å². The van der Waals surface area contributed by atoms with Crippen LogP contribution in [-0.4, -0.2) is 27.8 Å². The maximum atomic E-state index is 11.7. The zero-order chi connectivity index (χ0) is 10.8. The van der Waals surface area contributed by atoms with Crippen LogP contribution >= 0.6 is 12.4 Å². The Kier molecular flexibility index (Phi) is 6.13. The predicted octanol–water partition coefficient (Wildman–Crippen LogP) is 2.70. The molecule has 1 aliphatic heterocycles. The van der Waals surface area contributed by atoms with E-state index in [4.69, 9.17) is 4.74 Å². The van der Waals surface area contributed by atoms with Crippen molar-refractivity contribution in [2.24, 2.45) is 0 Å². The molecule has 0 aromatic carbocycles. The molecular formula is C10H19ClNO2Zn. The summed E-state index contributed by atoms with van der Waals surface area (Å²) in [6.07, 6.45) is 3.40. The van der Waals surface area contributed by atoms with Gasteiger partial charge in [0.2, 0.25) is 0 Å². The molecule has 0 spiro atoms. The zero-order valence-corrected chi connectivity index (χ0v) is 13.6. The number of hydrogen-bond donors (Lipinski definition) is 0. The van der Waals surface area contributed by atoms with Gasteiger partial charge in [0.25, 0.3) is 0 Å². The van der Waals surface area contributed by atoms with E-state index >= 15 is 0 Å². The van der Waals surface area contributed by atoms with Crippen molar-refractivity contribution in [2.45, 2.75) is 50.3 Å². The third-order valence-corrected chi connectivity index (χ3v) is 4.04. The van der Waals surface area contributed by atoms with E-state index in [1.165, 1.54) is 6.42 Å². The number of rotatable bonds is 0. The van der Waals surface area contributed by atoms with Gasteiger partial charge in [0.05, 0.1) is 0 Å². The molecular weight excluding hydrogens is 267 g/mol. The van der Waals surface area contributed by atoms with Crippen molar-refractivity contribution in [1.29, 1.82) is 0 Å². The van der Waals surface area contributed by atoms with Gasteiger partial charge in [0.1, 0.15) is 0 Å². The number of amides is 1. The number of nitrogens with zero attached hydrogens (tertiary/aromatic N) is 1. The summed E-state index contributed by atoms with van der Waals surface area (Å²) in [7, 11) is 0. The molecule has 0 radical (unpaired) electrons. The van der Waals surface area contributed by atoms with Crippen LogP contribution in [0, 0.1) is 0 Å². The van der Waals surface area contributed by atoms with Crippen LogP contribution in [0.3, 0.4) is 0 Å². The predicted molar refractivity (Wildman–Crippen MR) is 57.8 cm³/mol. The van der Waals surface area contributed by atoms with Gasteiger partial charge >= 0.3 is 95.6 Å². The van der Waals surface area contributed by atoms with Crippen molar-refractivity contribution in [1.82, 2.24) is 4.90 Å². The molecule has 1 fully saturated rings. The first kappa shape index (κ1) is 15.2. The average molecular weight is 286 g/mol. The Labute approximate surface area is 108 Å². The molecule has 0 aliphatic carbocycles. The van der Waals surface area contributed by atoms with Crippen molar-refractivity contribution in [3.05, 3.63) is 0 Å². The van der Waals surface area contributed by atoms with Gasteiger partial charge in [-0.2, -0.15) is 0 Å². The zero-order valence-electron chi connectivity index (χ0n) is 9.78. The molecule has 3 nitrogen and oxygen atoms in total. The van der Waals surface area contributed by atoms with E-state index in [-0.39, 0.29) is 24.1 Å². The van der Waals surface area contributed by atoms with Crippen molar-refractivity contribution >= 4 is 18.5 Å². The monoisotopic (exact) mass is 284 g/mol. The molecule has 1 heterocycles. The Morgan fingerprint density at radius 1 is 1.40 bits per heavy atom. The number of piperidine rings is 1. The van der Waals surface area contributed by atoms with E-state index < -0.39 is 0 Å². The first-order chi connectivity index (χ1) is 6.40. The molecule has 1 rings (SSSR count). The second-order valence-electron chi connectivity index (χ2n) is 4.82. The minimum atomic E-state index is -0.367. The van der Waals surface area contributed by atoms with Gasteiger partial charge in [-0.15, -0.1) is 12.4 Å². The Morgan fingerprint density at radius 3 is 2.47 bits per heavy atom. The summed E-state index contributed by atoms with van der Waals surface area (Å²) < 4.78 is 5.81. The molecule has 0 aromatic rings. The molecule has 0 saturated carbocycles.